The Kier molecular flexibility index (Phi) is 12.8. The monoisotopic (exact) mass is 732 g/mol. The van der Waals surface area contributed by atoms with Crippen molar-refractivity contribution in [3.05, 3.63) is 71.5 Å². The minimum absolute atomic E-state index is 0.0766. The van der Waals surface area contributed by atoms with Gasteiger partial charge >= 0.3 is 12.1 Å². The molecule has 0 radical (unpaired) electrons. The number of amides is 8. The molecule has 2 aromatic rings. The smallest absolute Gasteiger partial charge is 0.292 e. The fourth-order valence-corrected chi connectivity index (χ4v) is 7.89. The van der Waals surface area contributed by atoms with Gasteiger partial charge in [-0.25, -0.2) is 14.0 Å². The number of carbonyl (C=O) groups is 8. The fourth-order valence-electron chi connectivity index (χ4n) is 7.89. The van der Waals surface area contributed by atoms with Gasteiger partial charge in [0.15, 0.2) is 11.6 Å². The van der Waals surface area contributed by atoms with Crippen molar-refractivity contribution < 1.29 is 42.7 Å². The van der Waals surface area contributed by atoms with Gasteiger partial charge in [0.05, 0.1) is 13.1 Å². The van der Waals surface area contributed by atoms with Crippen molar-refractivity contribution in [1.82, 2.24) is 19.6 Å². The highest BCUT2D eigenvalue weighted by Crippen LogP contribution is 2.45. The van der Waals surface area contributed by atoms with E-state index in [4.69, 9.17) is 0 Å². The molecule has 2 unspecified atom stereocenters. The van der Waals surface area contributed by atoms with E-state index in [0.29, 0.717) is 5.56 Å². The standard InChI is InChI=1S/C19H21FN2O4.C19H22N2O4.C2H6/c1-19(13-7-3-4-8-13)16(24)21(2)18(26)22(17(19)25)11-15(23)12-6-5-9-14(20)10-12;1-19(14-10-6-7-11-14)16(23)20(2)18(25)21(17(19)24)12-15(22)13-8-4-3-5-9-13;1-2/h5-6,9-10,13H,3-4,7-8,11H2,1-2H3;3-5,8-9,14H,6-7,10-12H2,1-2H3;1-2H3. The van der Waals surface area contributed by atoms with Gasteiger partial charge in [0.2, 0.25) is 23.6 Å². The zero-order valence-corrected chi connectivity index (χ0v) is 31.4. The first-order valence-corrected chi connectivity index (χ1v) is 18.3. The number of imide groups is 4. The molecule has 0 bridgehead atoms. The lowest BCUT2D eigenvalue weighted by atomic mass is 9.72. The predicted octanol–water partition coefficient (Wildman–Crippen LogP) is 6.14. The highest BCUT2D eigenvalue weighted by molar-refractivity contribution is 6.21. The highest BCUT2D eigenvalue weighted by atomic mass is 19.1. The van der Waals surface area contributed by atoms with Crippen molar-refractivity contribution in [1.29, 1.82) is 0 Å². The minimum atomic E-state index is -1.35. The lowest BCUT2D eigenvalue weighted by Gasteiger charge is -2.43. The van der Waals surface area contributed by atoms with E-state index in [1.807, 2.05) is 13.8 Å². The summed E-state index contributed by atoms with van der Waals surface area (Å²) in [6.45, 7) is 6.33. The molecule has 2 aliphatic heterocycles. The first-order chi connectivity index (χ1) is 25.1. The quantitative estimate of drug-likeness (QED) is 0.232. The van der Waals surface area contributed by atoms with Crippen molar-refractivity contribution in [2.75, 3.05) is 27.2 Å². The molecule has 8 amide bonds. The number of rotatable bonds is 8. The second-order valence-corrected chi connectivity index (χ2v) is 14.2. The van der Waals surface area contributed by atoms with Crippen LogP contribution in [0, 0.1) is 28.5 Å². The van der Waals surface area contributed by atoms with Crippen molar-refractivity contribution in [3.8, 4) is 0 Å². The third-order valence-corrected chi connectivity index (χ3v) is 11.1. The van der Waals surface area contributed by atoms with Crippen LogP contribution in [0.1, 0.15) is 99.8 Å². The maximum atomic E-state index is 13.3. The normalized spacial score (nSPS) is 23.9. The molecule has 4 fully saturated rings. The summed E-state index contributed by atoms with van der Waals surface area (Å²) in [6.07, 6.45) is 6.86. The van der Waals surface area contributed by atoms with Crippen molar-refractivity contribution >= 4 is 47.3 Å². The Balaban J connectivity index is 0.000000226. The molecule has 2 heterocycles. The minimum Gasteiger partial charge on any atom is -0.292 e. The summed E-state index contributed by atoms with van der Waals surface area (Å²) < 4.78 is 13.3. The Bertz CT molecular complexity index is 1770. The Morgan fingerprint density at radius 3 is 1.38 bits per heavy atom. The number of hydrogen-bond acceptors (Lipinski definition) is 8. The van der Waals surface area contributed by atoms with E-state index >= 15 is 0 Å². The van der Waals surface area contributed by atoms with E-state index in [2.05, 4.69) is 0 Å². The number of barbiturate groups is 2. The fraction of sp³-hybridized carbons (Fsp3) is 0.500. The van der Waals surface area contributed by atoms with Crippen molar-refractivity contribution in [2.45, 2.75) is 79.1 Å². The topological polar surface area (TPSA) is 150 Å². The van der Waals surface area contributed by atoms with Crippen LogP contribution in [-0.4, -0.2) is 94.0 Å². The second kappa shape index (κ2) is 16.7. The average molecular weight is 733 g/mol. The number of halogens is 1. The van der Waals surface area contributed by atoms with Gasteiger partial charge in [-0.1, -0.05) is 82.0 Å². The van der Waals surface area contributed by atoms with Crippen LogP contribution in [0.2, 0.25) is 0 Å². The van der Waals surface area contributed by atoms with Gasteiger partial charge in [-0.15, -0.1) is 0 Å². The van der Waals surface area contributed by atoms with Crippen LogP contribution in [0.15, 0.2) is 54.6 Å². The summed E-state index contributed by atoms with van der Waals surface area (Å²) in [6, 6.07) is 12.1. The van der Waals surface area contributed by atoms with E-state index in [1.54, 1.807) is 44.2 Å². The Morgan fingerprint density at radius 2 is 0.981 bits per heavy atom. The van der Waals surface area contributed by atoms with Gasteiger partial charge in [-0.05, 0) is 63.5 Å². The number of nitrogens with zero attached hydrogens (tertiary/aromatic N) is 4. The first kappa shape index (κ1) is 40.7. The summed E-state index contributed by atoms with van der Waals surface area (Å²) in [4.78, 5) is 105. The maximum Gasteiger partial charge on any atom is 0.333 e. The predicted molar refractivity (Wildman–Crippen MR) is 193 cm³/mol. The van der Waals surface area contributed by atoms with Crippen molar-refractivity contribution in [2.24, 2.45) is 22.7 Å². The molecule has 12 nitrogen and oxygen atoms in total. The third kappa shape index (κ3) is 7.70. The summed E-state index contributed by atoms with van der Waals surface area (Å²) in [7, 11) is 2.70. The van der Waals surface area contributed by atoms with Gasteiger partial charge in [-0.2, -0.15) is 0 Å². The van der Waals surface area contributed by atoms with E-state index in [-0.39, 0.29) is 29.7 Å². The molecule has 53 heavy (non-hydrogen) atoms. The second-order valence-electron chi connectivity index (χ2n) is 14.2. The van der Waals surface area contributed by atoms with E-state index in [9.17, 15) is 42.7 Å². The molecule has 2 atom stereocenters. The molecule has 4 aliphatic rings. The highest BCUT2D eigenvalue weighted by Gasteiger charge is 2.59. The van der Waals surface area contributed by atoms with Crippen LogP contribution in [0.25, 0.3) is 0 Å². The summed E-state index contributed by atoms with van der Waals surface area (Å²) in [5.41, 5.74) is -2.10. The van der Waals surface area contributed by atoms with Crippen LogP contribution in [0.3, 0.4) is 0 Å². The van der Waals surface area contributed by atoms with Crippen LogP contribution in [-0.2, 0) is 19.2 Å². The van der Waals surface area contributed by atoms with Gasteiger partial charge in [0.25, 0.3) is 0 Å². The Hall–Kier alpha value is -5.07. The summed E-state index contributed by atoms with van der Waals surface area (Å²) in [5.74, 6) is -3.84. The number of urea groups is 2. The van der Waals surface area contributed by atoms with Gasteiger partial charge < -0.3 is 0 Å². The number of hydrogen-bond donors (Lipinski definition) is 0. The summed E-state index contributed by atoms with van der Waals surface area (Å²) in [5, 5.41) is 0. The Labute approximate surface area is 309 Å². The number of ketones is 2. The zero-order valence-electron chi connectivity index (χ0n) is 31.4. The molecule has 13 heteroatoms. The van der Waals surface area contributed by atoms with Gasteiger partial charge in [0.1, 0.15) is 16.6 Å². The molecule has 0 spiro atoms. The first-order valence-electron chi connectivity index (χ1n) is 18.3. The van der Waals surface area contributed by atoms with Gasteiger partial charge in [-0.3, -0.25) is 48.4 Å². The molecule has 2 saturated heterocycles. The summed E-state index contributed by atoms with van der Waals surface area (Å²) >= 11 is 0. The molecule has 2 aromatic carbocycles. The van der Waals surface area contributed by atoms with Crippen LogP contribution < -0.4 is 0 Å². The third-order valence-electron chi connectivity index (χ3n) is 11.1. The van der Waals surface area contributed by atoms with Gasteiger partial charge in [0, 0.05) is 25.2 Å². The average Bonchev–Trinajstić information content (AvgIpc) is 3.93. The maximum absolute atomic E-state index is 13.3. The lowest BCUT2D eigenvalue weighted by molar-refractivity contribution is -0.162. The molecule has 2 aliphatic carbocycles. The van der Waals surface area contributed by atoms with E-state index in [0.717, 1.165) is 77.0 Å². The number of benzene rings is 2. The lowest BCUT2D eigenvalue weighted by Crippen LogP contribution is -2.65. The molecular weight excluding hydrogens is 683 g/mol. The molecule has 2 saturated carbocycles. The SMILES string of the molecule is CC.CN1C(=O)N(CC(=O)c2cccc(F)c2)C(=O)C(C)(C2CCCC2)C1=O.CN1C(=O)N(CC(=O)c2ccccc2)C(=O)C(C)(C2CCCC2)C1=O. The van der Waals surface area contributed by atoms with Crippen LogP contribution >= 0.6 is 0 Å². The zero-order chi connectivity index (χ0) is 39.2. The molecule has 6 rings (SSSR count). The van der Waals surface area contributed by atoms with E-state index < -0.39 is 64.7 Å². The Morgan fingerprint density at radius 1 is 0.604 bits per heavy atom. The van der Waals surface area contributed by atoms with Crippen molar-refractivity contribution in [3.63, 3.8) is 0 Å². The van der Waals surface area contributed by atoms with Crippen LogP contribution in [0.5, 0.6) is 0 Å². The van der Waals surface area contributed by atoms with Crippen LogP contribution in [0.4, 0.5) is 14.0 Å². The number of Topliss-reactive ketones (excluding diaryl/α,β-unsaturated/α-hetero) is 2. The molecule has 0 aromatic heterocycles. The number of carbonyl (C=O) groups excluding carboxylic acids is 8. The molecule has 284 valence electrons. The molecule has 0 N–H and O–H groups in total. The largest absolute Gasteiger partial charge is 0.333 e. The van der Waals surface area contributed by atoms with E-state index in [1.165, 1.54) is 32.3 Å². The molecular formula is C40H49FN4O8.